The van der Waals surface area contributed by atoms with Gasteiger partial charge in [-0.3, -0.25) is 4.99 Å². The summed E-state index contributed by atoms with van der Waals surface area (Å²) in [5.74, 6) is 0.791. The molecule has 0 aromatic carbocycles. The lowest BCUT2D eigenvalue weighted by atomic mass is 10.2. The first-order chi connectivity index (χ1) is 10.8. The highest BCUT2D eigenvalue weighted by molar-refractivity contribution is 14.0. The van der Waals surface area contributed by atoms with E-state index < -0.39 is 0 Å². The van der Waals surface area contributed by atoms with Gasteiger partial charge in [-0.2, -0.15) is 0 Å². The third-order valence-corrected chi connectivity index (χ3v) is 3.00. The number of guanidine groups is 1. The molecular formula is C15H26ClIN4O2. The summed E-state index contributed by atoms with van der Waals surface area (Å²) < 4.78 is 10.3. The van der Waals surface area contributed by atoms with Crippen LogP contribution in [-0.2, 0) is 15.9 Å². The van der Waals surface area contributed by atoms with Crippen LogP contribution in [0.4, 0.5) is 0 Å². The van der Waals surface area contributed by atoms with Crippen LogP contribution in [0.3, 0.4) is 0 Å². The lowest BCUT2D eigenvalue weighted by Gasteiger charge is -2.11. The van der Waals surface area contributed by atoms with Crippen molar-refractivity contribution in [2.75, 3.05) is 46.6 Å². The Morgan fingerprint density at radius 2 is 2.09 bits per heavy atom. The second kappa shape index (κ2) is 14.9. The normalized spacial score (nSPS) is 11.0. The van der Waals surface area contributed by atoms with Crippen LogP contribution < -0.4 is 10.6 Å². The molecule has 1 heterocycles. The van der Waals surface area contributed by atoms with Gasteiger partial charge in [0.2, 0.25) is 0 Å². The minimum Gasteiger partial charge on any atom is -0.382 e. The van der Waals surface area contributed by atoms with Crippen molar-refractivity contribution in [2.45, 2.75) is 13.3 Å². The molecule has 0 aliphatic rings. The molecule has 6 nitrogen and oxygen atoms in total. The molecule has 0 bridgehead atoms. The predicted octanol–water partition coefficient (Wildman–Crippen LogP) is 2.11. The second-order valence-electron chi connectivity index (χ2n) is 4.53. The number of pyridine rings is 1. The first-order valence-corrected chi connectivity index (χ1v) is 7.83. The molecule has 8 heteroatoms. The Morgan fingerprint density at radius 3 is 2.74 bits per heavy atom. The van der Waals surface area contributed by atoms with Crippen molar-refractivity contribution in [2.24, 2.45) is 4.99 Å². The van der Waals surface area contributed by atoms with E-state index in [9.17, 15) is 0 Å². The number of nitrogens with zero attached hydrogens (tertiary/aromatic N) is 2. The molecule has 1 aromatic rings. The van der Waals surface area contributed by atoms with Gasteiger partial charge in [0.25, 0.3) is 0 Å². The number of rotatable bonds is 10. The number of hydrogen-bond acceptors (Lipinski definition) is 4. The molecule has 0 fully saturated rings. The van der Waals surface area contributed by atoms with Crippen molar-refractivity contribution in [3.63, 3.8) is 0 Å². The van der Waals surface area contributed by atoms with E-state index in [-0.39, 0.29) is 24.0 Å². The molecule has 0 saturated heterocycles. The van der Waals surface area contributed by atoms with Crippen molar-refractivity contribution >= 4 is 41.5 Å². The number of nitrogens with one attached hydrogen (secondary N) is 2. The zero-order chi connectivity index (χ0) is 16.0. The van der Waals surface area contributed by atoms with Crippen LogP contribution in [0.15, 0.2) is 23.3 Å². The molecule has 0 amide bonds. The van der Waals surface area contributed by atoms with Crippen LogP contribution in [0.1, 0.15) is 12.5 Å². The first kappa shape index (κ1) is 22.4. The Labute approximate surface area is 160 Å². The zero-order valence-corrected chi connectivity index (χ0v) is 16.8. The average molecular weight is 457 g/mol. The van der Waals surface area contributed by atoms with Crippen molar-refractivity contribution < 1.29 is 9.47 Å². The Bertz CT molecular complexity index is 432. The number of ether oxygens (including phenoxy) is 2. The largest absolute Gasteiger partial charge is 0.382 e. The fraction of sp³-hybridized carbons (Fsp3) is 0.600. The van der Waals surface area contributed by atoms with Gasteiger partial charge in [-0.1, -0.05) is 17.7 Å². The summed E-state index contributed by atoms with van der Waals surface area (Å²) in [7, 11) is 1.66. The summed E-state index contributed by atoms with van der Waals surface area (Å²) in [6, 6.07) is 3.78. The van der Waals surface area contributed by atoms with Crippen molar-refractivity contribution in [1.82, 2.24) is 15.6 Å². The van der Waals surface area contributed by atoms with Gasteiger partial charge in [-0.25, -0.2) is 4.98 Å². The van der Waals surface area contributed by atoms with Crippen molar-refractivity contribution in [3.05, 3.63) is 29.0 Å². The minimum absolute atomic E-state index is 0. The van der Waals surface area contributed by atoms with Crippen LogP contribution >= 0.6 is 35.6 Å². The minimum atomic E-state index is 0. The number of halogens is 2. The van der Waals surface area contributed by atoms with Gasteiger partial charge in [-0.15, -0.1) is 24.0 Å². The van der Waals surface area contributed by atoms with Gasteiger partial charge in [0.15, 0.2) is 5.96 Å². The quantitative estimate of drug-likeness (QED) is 0.186. The van der Waals surface area contributed by atoms with E-state index in [2.05, 4.69) is 20.6 Å². The number of methoxy groups -OCH3 is 1. The lowest BCUT2D eigenvalue weighted by molar-refractivity contribution is 0.0748. The maximum atomic E-state index is 5.76. The van der Waals surface area contributed by atoms with E-state index in [0.717, 1.165) is 31.0 Å². The van der Waals surface area contributed by atoms with Gasteiger partial charge >= 0.3 is 0 Å². The summed E-state index contributed by atoms with van der Waals surface area (Å²) in [6.45, 7) is 6.03. The van der Waals surface area contributed by atoms with E-state index in [0.29, 0.717) is 31.5 Å². The topological polar surface area (TPSA) is 67.8 Å². The van der Waals surface area contributed by atoms with Gasteiger partial charge in [0.05, 0.1) is 26.4 Å². The molecule has 1 rings (SSSR count). The molecule has 23 heavy (non-hydrogen) atoms. The molecule has 0 unspecified atom stereocenters. The Kier molecular flexibility index (Phi) is 14.5. The molecule has 132 valence electrons. The van der Waals surface area contributed by atoms with Gasteiger partial charge < -0.3 is 20.1 Å². The fourth-order valence-corrected chi connectivity index (χ4v) is 1.80. The highest BCUT2D eigenvalue weighted by Gasteiger charge is 1.98. The standard InChI is InChI=1S/C15H25ClN4O2.HI/c1-3-17-15(19-8-9-22-11-10-21-2)18-7-6-13-4-5-14(16)20-12-13;/h4-5,12H,3,6-11H2,1-2H3,(H2,17,18,19);1H. The molecule has 2 N–H and O–H groups in total. The van der Waals surface area contributed by atoms with Crippen LogP contribution in [0.25, 0.3) is 0 Å². The highest BCUT2D eigenvalue weighted by atomic mass is 127. The monoisotopic (exact) mass is 456 g/mol. The molecular weight excluding hydrogens is 431 g/mol. The van der Waals surface area contributed by atoms with Crippen LogP contribution in [0, 0.1) is 0 Å². The maximum Gasteiger partial charge on any atom is 0.191 e. The van der Waals surface area contributed by atoms with Gasteiger partial charge in [0, 0.05) is 26.4 Å². The van der Waals surface area contributed by atoms with E-state index in [1.807, 2.05) is 13.0 Å². The third-order valence-electron chi connectivity index (χ3n) is 2.78. The van der Waals surface area contributed by atoms with E-state index in [4.69, 9.17) is 21.1 Å². The van der Waals surface area contributed by atoms with Crippen LogP contribution in [0.2, 0.25) is 5.15 Å². The van der Waals surface area contributed by atoms with Crippen LogP contribution in [0.5, 0.6) is 0 Å². The number of aliphatic imine (C=N–C) groups is 1. The number of aromatic nitrogens is 1. The van der Waals surface area contributed by atoms with Crippen LogP contribution in [-0.4, -0.2) is 57.5 Å². The predicted molar refractivity (Wildman–Crippen MR) is 105 cm³/mol. The molecule has 0 aliphatic carbocycles. The van der Waals surface area contributed by atoms with Crippen molar-refractivity contribution in [3.8, 4) is 0 Å². The van der Waals surface area contributed by atoms with E-state index in [1.165, 1.54) is 0 Å². The first-order valence-electron chi connectivity index (χ1n) is 7.45. The summed E-state index contributed by atoms with van der Waals surface area (Å²) >= 11 is 5.76. The molecule has 0 radical (unpaired) electrons. The Morgan fingerprint density at radius 1 is 1.26 bits per heavy atom. The summed E-state index contributed by atoms with van der Waals surface area (Å²) in [4.78, 5) is 8.51. The van der Waals surface area contributed by atoms with E-state index in [1.54, 1.807) is 19.4 Å². The zero-order valence-electron chi connectivity index (χ0n) is 13.7. The Balaban J connectivity index is 0.00000484. The lowest BCUT2D eigenvalue weighted by Crippen LogP contribution is -2.38. The molecule has 0 saturated carbocycles. The summed E-state index contributed by atoms with van der Waals surface area (Å²) in [5.41, 5.74) is 1.13. The fourth-order valence-electron chi connectivity index (χ4n) is 1.69. The van der Waals surface area contributed by atoms with Crippen molar-refractivity contribution in [1.29, 1.82) is 0 Å². The molecule has 1 aromatic heterocycles. The highest BCUT2D eigenvalue weighted by Crippen LogP contribution is 2.05. The third kappa shape index (κ3) is 11.5. The van der Waals surface area contributed by atoms with Gasteiger partial charge in [-0.05, 0) is 25.0 Å². The molecule has 0 aliphatic heterocycles. The molecule has 0 atom stereocenters. The van der Waals surface area contributed by atoms with E-state index >= 15 is 0 Å². The maximum absolute atomic E-state index is 5.76. The molecule has 0 spiro atoms. The summed E-state index contributed by atoms with van der Waals surface area (Å²) in [5, 5.41) is 7.00. The SMILES string of the molecule is CCNC(=NCCOCCOC)NCCc1ccc(Cl)nc1.I. The smallest absolute Gasteiger partial charge is 0.191 e. The number of hydrogen-bond donors (Lipinski definition) is 2. The summed E-state index contributed by atoms with van der Waals surface area (Å²) in [6.07, 6.45) is 2.65. The second-order valence-corrected chi connectivity index (χ2v) is 4.92. The Hall–Kier alpha value is -0.640. The van der Waals surface area contributed by atoms with Gasteiger partial charge in [0.1, 0.15) is 5.15 Å². The average Bonchev–Trinajstić information content (AvgIpc) is 2.52.